The summed E-state index contributed by atoms with van der Waals surface area (Å²) in [6.45, 7) is 2.37. The average molecular weight is 373 g/mol. The van der Waals surface area contributed by atoms with Gasteiger partial charge in [0.15, 0.2) is 0 Å². The van der Waals surface area contributed by atoms with Crippen LogP contribution in [0.5, 0.6) is 0 Å². The molecule has 2 heterocycles. The molecule has 0 aliphatic rings. The lowest BCUT2D eigenvalue weighted by Crippen LogP contribution is -2.09. The number of aryl methyl sites for hydroxylation is 1. The molecule has 0 radical (unpaired) electrons. The van der Waals surface area contributed by atoms with Gasteiger partial charge in [0.25, 0.3) is 0 Å². The van der Waals surface area contributed by atoms with E-state index in [-0.39, 0.29) is 6.61 Å². The highest BCUT2D eigenvalue weighted by Gasteiger charge is 2.11. The van der Waals surface area contributed by atoms with Gasteiger partial charge >= 0.3 is 5.97 Å². The number of benzene rings is 1. The van der Waals surface area contributed by atoms with Crippen LogP contribution < -0.4 is 5.73 Å². The molecule has 26 heavy (non-hydrogen) atoms. The lowest BCUT2D eigenvalue weighted by molar-refractivity contribution is 0.0508. The Bertz CT molecular complexity index is 927. The predicted molar refractivity (Wildman–Crippen MR) is 95.7 cm³/mol. The normalized spacial score (nSPS) is 10.7. The number of halogens is 1. The van der Waals surface area contributed by atoms with E-state index in [1.165, 1.54) is 0 Å². The molecule has 2 aromatic heterocycles. The van der Waals surface area contributed by atoms with Crippen LogP contribution in [0.4, 0.5) is 5.82 Å². The van der Waals surface area contributed by atoms with Crippen LogP contribution in [0, 0.1) is 6.92 Å². The zero-order chi connectivity index (χ0) is 18.5. The minimum atomic E-state index is -0.465. The molecule has 9 heteroatoms. The largest absolute Gasteiger partial charge is 0.462 e. The highest BCUT2D eigenvalue weighted by atomic mass is 35.5. The van der Waals surface area contributed by atoms with Crippen molar-refractivity contribution in [3.63, 3.8) is 0 Å². The monoisotopic (exact) mass is 372 g/mol. The second-order valence-electron chi connectivity index (χ2n) is 5.60. The number of hydrogen-bond acceptors (Lipinski definition) is 7. The Kier molecular flexibility index (Phi) is 5.43. The second kappa shape index (κ2) is 7.92. The predicted octanol–water partition coefficient (Wildman–Crippen LogP) is 2.06. The lowest BCUT2D eigenvalue weighted by atomic mass is 10.2. The van der Waals surface area contributed by atoms with Crippen molar-refractivity contribution in [1.29, 1.82) is 0 Å². The summed E-state index contributed by atoms with van der Waals surface area (Å²) < 4.78 is 6.87. The van der Waals surface area contributed by atoms with E-state index in [0.717, 1.165) is 5.56 Å². The maximum absolute atomic E-state index is 12.0. The Hall–Kier alpha value is -3.00. The van der Waals surface area contributed by atoms with E-state index in [2.05, 4.69) is 20.3 Å². The Morgan fingerprint density at radius 1 is 1.35 bits per heavy atom. The number of hydrogen-bond donors (Lipinski definition) is 1. The van der Waals surface area contributed by atoms with Crippen LogP contribution in [0.2, 0.25) is 5.02 Å². The van der Waals surface area contributed by atoms with Crippen molar-refractivity contribution in [2.75, 3.05) is 12.3 Å². The second-order valence-corrected chi connectivity index (χ2v) is 6.01. The highest BCUT2D eigenvalue weighted by Crippen LogP contribution is 2.16. The summed E-state index contributed by atoms with van der Waals surface area (Å²) in [6, 6.07) is 6.75. The molecule has 0 atom stereocenters. The summed E-state index contributed by atoms with van der Waals surface area (Å²) >= 11 is 5.97. The summed E-state index contributed by atoms with van der Waals surface area (Å²) in [7, 11) is 0. The molecular weight excluding hydrogens is 356 g/mol. The Labute approximate surface area is 155 Å². The molecule has 0 saturated carbocycles. The van der Waals surface area contributed by atoms with Gasteiger partial charge in [-0.15, -0.1) is 5.10 Å². The minimum absolute atomic E-state index is 0.179. The lowest BCUT2D eigenvalue weighted by Gasteiger charge is -2.05. The Balaban J connectivity index is 1.54. The Morgan fingerprint density at radius 2 is 2.15 bits per heavy atom. The van der Waals surface area contributed by atoms with Gasteiger partial charge in [0.2, 0.25) is 0 Å². The first-order chi connectivity index (χ1) is 12.5. The number of esters is 1. The molecule has 0 amide bonds. The maximum Gasteiger partial charge on any atom is 0.339 e. The molecule has 0 aliphatic heterocycles. The van der Waals surface area contributed by atoms with E-state index in [0.29, 0.717) is 40.9 Å². The van der Waals surface area contributed by atoms with Crippen molar-refractivity contribution in [1.82, 2.24) is 25.0 Å². The minimum Gasteiger partial charge on any atom is -0.462 e. The molecule has 8 nitrogen and oxygen atoms in total. The van der Waals surface area contributed by atoms with Crippen molar-refractivity contribution in [2.45, 2.75) is 19.9 Å². The van der Waals surface area contributed by atoms with Crippen LogP contribution in [-0.4, -0.2) is 37.5 Å². The molecule has 134 valence electrons. The number of nitrogens with two attached hydrogens (primary N) is 1. The summed E-state index contributed by atoms with van der Waals surface area (Å²) in [6.07, 6.45) is 3.88. The standard InChI is InChI=1S/C17H17ClN6O2/c1-11-20-8-12(16(19)21-11)9-24-10-13(22-23-24)6-7-26-17(25)14-4-2-3-5-15(14)18/h2-5,8,10H,6-7,9H2,1H3,(H2,19,20,21). The topological polar surface area (TPSA) is 109 Å². The average Bonchev–Trinajstić information content (AvgIpc) is 3.05. The van der Waals surface area contributed by atoms with Crippen LogP contribution in [0.1, 0.15) is 27.4 Å². The van der Waals surface area contributed by atoms with E-state index in [1.807, 2.05) is 0 Å². The number of rotatable bonds is 6. The van der Waals surface area contributed by atoms with Gasteiger partial charge < -0.3 is 10.5 Å². The molecule has 0 spiro atoms. The van der Waals surface area contributed by atoms with E-state index in [9.17, 15) is 4.79 Å². The van der Waals surface area contributed by atoms with Crippen LogP contribution in [0.3, 0.4) is 0 Å². The fourth-order valence-electron chi connectivity index (χ4n) is 2.29. The van der Waals surface area contributed by atoms with Crippen LogP contribution in [0.25, 0.3) is 0 Å². The number of nitrogen functional groups attached to an aromatic ring is 1. The Morgan fingerprint density at radius 3 is 2.92 bits per heavy atom. The van der Waals surface area contributed by atoms with Crippen molar-refractivity contribution in [3.05, 3.63) is 64.3 Å². The third-order valence-corrected chi connectivity index (χ3v) is 3.95. The molecule has 0 bridgehead atoms. The molecule has 0 saturated heterocycles. The van der Waals surface area contributed by atoms with Gasteiger partial charge in [-0.05, 0) is 19.1 Å². The quantitative estimate of drug-likeness (QED) is 0.659. The highest BCUT2D eigenvalue weighted by molar-refractivity contribution is 6.33. The summed E-state index contributed by atoms with van der Waals surface area (Å²) in [5.41, 5.74) is 7.68. The summed E-state index contributed by atoms with van der Waals surface area (Å²) in [4.78, 5) is 20.2. The SMILES string of the molecule is Cc1ncc(Cn2cc(CCOC(=O)c3ccccc3Cl)nn2)c(N)n1. The fourth-order valence-corrected chi connectivity index (χ4v) is 2.50. The maximum atomic E-state index is 12.0. The van der Waals surface area contributed by atoms with Crippen molar-refractivity contribution >= 4 is 23.4 Å². The molecule has 3 aromatic rings. The number of carbonyl (C=O) groups excluding carboxylic acids is 1. The van der Waals surface area contributed by atoms with Gasteiger partial charge in [0.1, 0.15) is 11.6 Å². The van der Waals surface area contributed by atoms with E-state index < -0.39 is 5.97 Å². The van der Waals surface area contributed by atoms with E-state index in [1.54, 1.807) is 48.3 Å². The zero-order valence-corrected chi connectivity index (χ0v) is 14.8. The smallest absolute Gasteiger partial charge is 0.339 e. The van der Waals surface area contributed by atoms with E-state index >= 15 is 0 Å². The van der Waals surface area contributed by atoms with Crippen LogP contribution >= 0.6 is 11.6 Å². The first kappa shape index (κ1) is 17.8. The summed E-state index contributed by atoms with van der Waals surface area (Å²) in [5.74, 6) is 0.571. The molecule has 0 fully saturated rings. The number of nitrogens with zero attached hydrogens (tertiary/aromatic N) is 5. The number of anilines is 1. The van der Waals surface area contributed by atoms with Crippen molar-refractivity contribution in [2.24, 2.45) is 0 Å². The molecule has 0 unspecified atom stereocenters. The van der Waals surface area contributed by atoms with Crippen molar-refractivity contribution < 1.29 is 9.53 Å². The molecule has 3 rings (SSSR count). The molecular formula is C17H17ClN6O2. The fraction of sp³-hybridized carbons (Fsp3) is 0.235. The molecule has 1 aromatic carbocycles. The van der Waals surface area contributed by atoms with Gasteiger partial charge in [-0.2, -0.15) is 0 Å². The van der Waals surface area contributed by atoms with Gasteiger partial charge in [0.05, 0.1) is 29.4 Å². The molecule has 2 N–H and O–H groups in total. The third-order valence-electron chi connectivity index (χ3n) is 3.62. The van der Waals surface area contributed by atoms with Crippen molar-refractivity contribution in [3.8, 4) is 0 Å². The first-order valence-corrected chi connectivity index (χ1v) is 8.29. The van der Waals surface area contributed by atoms with Crippen LogP contribution in [-0.2, 0) is 17.7 Å². The number of aromatic nitrogens is 5. The summed E-state index contributed by atoms with van der Waals surface area (Å²) in [5, 5.41) is 8.46. The van der Waals surface area contributed by atoms with Crippen LogP contribution in [0.15, 0.2) is 36.7 Å². The van der Waals surface area contributed by atoms with Gasteiger partial charge in [-0.3, -0.25) is 0 Å². The first-order valence-electron chi connectivity index (χ1n) is 7.91. The van der Waals surface area contributed by atoms with Gasteiger partial charge in [-0.1, -0.05) is 28.9 Å². The van der Waals surface area contributed by atoms with E-state index in [4.69, 9.17) is 22.1 Å². The number of ether oxygens (including phenoxy) is 1. The van der Waals surface area contributed by atoms with Gasteiger partial charge in [0, 0.05) is 24.4 Å². The third kappa shape index (κ3) is 4.34. The molecule has 0 aliphatic carbocycles. The zero-order valence-electron chi connectivity index (χ0n) is 14.1. The van der Waals surface area contributed by atoms with Gasteiger partial charge in [-0.25, -0.2) is 19.4 Å². The number of carbonyl (C=O) groups is 1.